The number of aliphatic hydroxyl groups is 1. The summed E-state index contributed by atoms with van der Waals surface area (Å²) in [5.74, 6) is -1.72. The zero-order chi connectivity index (χ0) is 25.9. The summed E-state index contributed by atoms with van der Waals surface area (Å²) in [6, 6.07) is 22.5. The number of halogens is 1. The molecule has 37 heavy (non-hydrogen) atoms. The summed E-state index contributed by atoms with van der Waals surface area (Å²) in [4.78, 5) is 27.4. The van der Waals surface area contributed by atoms with Gasteiger partial charge in [-0.25, -0.2) is 4.39 Å². The van der Waals surface area contributed by atoms with Gasteiger partial charge in [-0.05, 0) is 60.5 Å². The number of ketones is 1. The van der Waals surface area contributed by atoms with E-state index < -0.39 is 23.5 Å². The minimum absolute atomic E-state index is 0.0565. The summed E-state index contributed by atoms with van der Waals surface area (Å²) in [5.41, 5.74) is 2.39. The molecule has 1 saturated heterocycles. The minimum Gasteiger partial charge on any atom is -0.507 e. The van der Waals surface area contributed by atoms with Gasteiger partial charge in [-0.2, -0.15) is 0 Å². The van der Waals surface area contributed by atoms with Crippen molar-refractivity contribution in [1.82, 2.24) is 4.90 Å². The van der Waals surface area contributed by atoms with Gasteiger partial charge in [0.15, 0.2) is 0 Å². The molecule has 1 unspecified atom stereocenters. The maximum atomic E-state index is 14.9. The highest BCUT2D eigenvalue weighted by Gasteiger charge is 2.47. The lowest BCUT2D eigenvalue weighted by Crippen LogP contribution is -2.29. The Morgan fingerprint density at radius 3 is 2.41 bits per heavy atom. The Kier molecular flexibility index (Phi) is 6.60. The number of furan rings is 1. The van der Waals surface area contributed by atoms with E-state index in [1.54, 1.807) is 42.5 Å². The molecule has 1 amide bonds. The average molecular weight is 498 g/mol. The Labute approximate surface area is 213 Å². The predicted octanol–water partition coefficient (Wildman–Crippen LogP) is 5.93. The average Bonchev–Trinajstić information content (AvgIpc) is 3.51. The molecule has 1 aliphatic rings. The lowest BCUT2D eigenvalue weighted by atomic mass is 9.95. The van der Waals surface area contributed by atoms with Crippen molar-refractivity contribution in [1.29, 1.82) is 0 Å². The van der Waals surface area contributed by atoms with Crippen molar-refractivity contribution < 1.29 is 28.2 Å². The van der Waals surface area contributed by atoms with Crippen LogP contribution >= 0.6 is 0 Å². The second kappa shape index (κ2) is 10.1. The zero-order valence-electron chi connectivity index (χ0n) is 20.1. The number of carbonyl (C=O) groups excluding carboxylic acids is 2. The van der Waals surface area contributed by atoms with Crippen LogP contribution in [-0.2, 0) is 22.7 Å². The van der Waals surface area contributed by atoms with E-state index in [4.69, 9.17) is 9.15 Å². The molecule has 5 rings (SSSR count). The number of hydrogen-bond acceptors (Lipinski definition) is 5. The molecule has 4 aromatic rings. The van der Waals surface area contributed by atoms with E-state index in [0.717, 1.165) is 11.1 Å². The monoisotopic (exact) mass is 497 g/mol. The fraction of sp³-hybridized carbons (Fsp3) is 0.133. The van der Waals surface area contributed by atoms with Crippen LogP contribution in [0.15, 0.2) is 101 Å². The van der Waals surface area contributed by atoms with Gasteiger partial charge in [-0.15, -0.1) is 0 Å². The quantitative estimate of drug-likeness (QED) is 0.195. The number of aryl methyl sites for hydroxylation is 1. The second-order valence-corrected chi connectivity index (χ2v) is 8.77. The van der Waals surface area contributed by atoms with Gasteiger partial charge >= 0.3 is 0 Å². The van der Waals surface area contributed by atoms with Gasteiger partial charge in [-0.1, -0.05) is 42.5 Å². The van der Waals surface area contributed by atoms with Gasteiger partial charge < -0.3 is 19.2 Å². The predicted molar refractivity (Wildman–Crippen MR) is 135 cm³/mol. The number of rotatable bonds is 7. The van der Waals surface area contributed by atoms with Gasteiger partial charge in [0, 0.05) is 11.1 Å². The Morgan fingerprint density at radius 1 is 0.973 bits per heavy atom. The molecule has 0 aliphatic carbocycles. The topological polar surface area (TPSA) is 80.0 Å². The van der Waals surface area contributed by atoms with Crippen LogP contribution in [0.3, 0.4) is 0 Å². The number of amides is 1. The van der Waals surface area contributed by atoms with E-state index in [1.807, 2.05) is 31.2 Å². The van der Waals surface area contributed by atoms with Crippen LogP contribution < -0.4 is 4.74 Å². The molecule has 1 N–H and O–H groups in total. The third kappa shape index (κ3) is 4.76. The van der Waals surface area contributed by atoms with Gasteiger partial charge in [0.2, 0.25) is 0 Å². The molecule has 186 valence electrons. The molecule has 1 atom stereocenters. The molecule has 2 heterocycles. The van der Waals surface area contributed by atoms with Crippen molar-refractivity contribution in [2.24, 2.45) is 0 Å². The molecule has 0 spiro atoms. The van der Waals surface area contributed by atoms with Crippen molar-refractivity contribution in [3.63, 3.8) is 0 Å². The maximum Gasteiger partial charge on any atom is 0.296 e. The molecule has 0 bridgehead atoms. The molecule has 3 aromatic carbocycles. The van der Waals surface area contributed by atoms with Crippen LogP contribution in [0.2, 0.25) is 0 Å². The normalized spacial score (nSPS) is 16.8. The highest BCUT2D eigenvalue weighted by molar-refractivity contribution is 6.46. The number of likely N-dealkylation sites (tertiary alicyclic amines) is 1. The van der Waals surface area contributed by atoms with Crippen molar-refractivity contribution in [3.05, 3.63) is 131 Å². The van der Waals surface area contributed by atoms with E-state index in [0.29, 0.717) is 23.7 Å². The van der Waals surface area contributed by atoms with Gasteiger partial charge in [0.25, 0.3) is 11.7 Å². The van der Waals surface area contributed by atoms with Gasteiger partial charge in [0.1, 0.15) is 29.7 Å². The summed E-state index contributed by atoms with van der Waals surface area (Å²) < 4.78 is 26.1. The first kappa shape index (κ1) is 24.1. The maximum absolute atomic E-state index is 14.9. The molecular formula is C30H24FNO5. The molecule has 6 nitrogen and oxygen atoms in total. The fourth-order valence-electron chi connectivity index (χ4n) is 4.43. The number of carbonyl (C=O) groups is 2. The smallest absolute Gasteiger partial charge is 0.296 e. The van der Waals surface area contributed by atoms with Crippen molar-refractivity contribution in [3.8, 4) is 5.75 Å². The Balaban J connectivity index is 1.48. The molecule has 7 heteroatoms. The van der Waals surface area contributed by atoms with Crippen LogP contribution in [0.1, 0.15) is 34.1 Å². The summed E-state index contributed by atoms with van der Waals surface area (Å²) in [5, 5.41) is 11.2. The van der Waals surface area contributed by atoms with Crippen LogP contribution in [0.25, 0.3) is 5.76 Å². The van der Waals surface area contributed by atoms with Gasteiger partial charge in [-0.3, -0.25) is 9.59 Å². The molecule has 1 aromatic heterocycles. The van der Waals surface area contributed by atoms with Crippen molar-refractivity contribution in [2.45, 2.75) is 26.1 Å². The van der Waals surface area contributed by atoms with Crippen LogP contribution in [0.4, 0.5) is 4.39 Å². The van der Waals surface area contributed by atoms with Crippen LogP contribution in [0.5, 0.6) is 5.75 Å². The van der Waals surface area contributed by atoms with Crippen LogP contribution in [0, 0.1) is 12.7 Å². The molecule has 1 fully saturated rings. The molecular weight excluding hydrogens is 473 g/mol. The largest absolute Gasteiger partial charge is 0.507 e. The SMILES string of the molecule is Cc1ccccc1COc1ccc(C(O)=C2C(=O)C(=O)N(Cc3ccco3)C2c2ccccc2F)cc1. The summed E-state index contributed by atoms with van der Waals surface area (Å²) >= 11 is 0. The van der Waals surface area contributed by atoms with Crippen molar-refractivity contribution >= 4 is 17.4 Å². The number of aliphatic hydroxyl groups excluding tert-OH is 1. The molecule has 1 aliphatic heterocycles. The first-order valence-corrected chi connectivity index (χ1v) is 11.8. The van der Waals surface area contributed by atoms with E-state index in [9.17, 15) is 19.1 Å². The van der Waals surface area contributed by atoms with Gasteiger partial charge in [0.05, 0.1) is 24.4 Å². The Bertz CT molecular complexity index is 1470. The molecule has 0 radical (unpaired) electrons. The Morgan fingerprint density at radius 2 is 1.70 bits per heavy atom. The highest BCUT2D eigenvalue weighted by Crippen LogP contribution is 2.41. The molecule has 0 saturated carbocycles. The lowest BCUT2D eigenvalue weighted by molar-refractivity contribution is -0.140. The zero-order valence-corrected chi connectivity index (χ0v) is 20.1. The number of hydrogen-bond donors (Lipinski definition) is 1. The number of ether oxygens (including phenoxy) is 1. The number of nitrogens with zero attached hydrogens (tertiary/aromatic N) is 1. The number of Topliss-reactive ketones (excluding diaryl/α,β-unsaturated/α-hetero) is 1. The minimum atomic E-state index is -1.12. The standard InChI is InChI=1S/C30H24FNO5/c1-19-7-2-3-8-21(19)18-37-22-14-12-20(13-15-22)28(33)26-27(24-10-4-5-11-25(24)31)32(30(35)29(26)34)17-23-9-6-16-36-23/h2-16,27,33H,17-18H2,1H3. The lowest BCUT2D eigenvalue weighted by Gasteiger charge is -2.24. The van der Waals surface area contributed by atoms with E-state index in [1.165, 1.54) is 29.4 Å². The van der Waals surface area contributed by atoms with E-state index in [2.05, 4.69) is 0 Å². The third-order valence-electron chi connectivity index (χ3n) is 6.43. The van der Waals surface area contributed by atoms with Crippen molar-refractivity contribution in [2.75, 3.05) is 0 Å². The fourth-order valence-corrected chi connectivity index (χ4v) is 4.43. The summed E-state index contributed by atoms with van der Waals surface area (Å²) in [6.45, 7) is 2.33. The van der Waals surface area contributed by atoms with E-state index in [-0.39, 0.29) is 23.4 Å². The summed E-state index contributed by atoms with van der Waals surface area (Å²) in [7, 11) is 0. The second-order valence-electron chi connectivity index (χ2n) is 8.77. The third-order valence-corrected chi connectivity index (χ3v) is 6.43. The Hall–Kier alpha value is -4.65. The highest BCUT2D eigenvalue weighted by atomic mass is 19.1. The number of benzene rings is 3. The van der Waals surface area contributed by atoms with Crippen LogP contribution in [-0.4, -0.2) is 21.7 Å². The summed E-state index contributed by atoms with van der Waals surface area (Å²) in [6.07, 6.45) is 1.45. The first-order chi connectivity index (χ1) is 17.9. The first-order valence-electron chi connectivity index (χ1n) is 11.8. The van der Waals surface area contributed by atoms with E-state index >= 15 is 0 Å².